The van der Waals surface area contributed by atoms with Crippen LogP contribution in [-0.4, -0.2) is 17.6 Å². The van der Waals surface area contributed by atoms with Crippen LogP contribution in [0.15, 0.2) is 24.5 Å². The molecule has 2 atom stereocenters. The van der Waals surface area contributed by atoms with Crippen molar-refractivity contribution in [1.29, 1.82) is 0 Å². The maximum Gasteiger partial charge on any atom is 0.0977 e. The van der Waals surface area contributed by atoms with E-state index in [4.69, 9.17) is 10.5 Å². The lowest BCUT2D eigenvalue weighted by atomic mass is 10.0. The smallest absolute Gasteiger partial charge is 0.0977 e. The second kappa shape index (κ2) is 3.21. The van der Waals surface area contributed by atoms with Gasteiger partial charge in [-0.3, -0.25) is 4.98 Å². The zero-order valence-electron chi connectivity index (χ0n) is 6.81. The molecule has 3 heteroatoms. The third-order valence-corrected chi connectivity index (χ3v) is 2.17. The van der Waals surface area contributed by atoms with Gasteiger partial charge >= 0.3 is 0 Å². The Morgan fingerprint density at radius 2 is 2.17 bits per heavy atom. The van der Waals surface area contributed by atoms with Crippen molar-refractivity contribution in [2.75, 3.05) is 6.61 Å². The molecule has 1 fully saturated rings. The Morgan fingerprint density at radius 1 is 1.42 bits per heavy atom. The number of hydrogen-bond donors (Lipinski definition) is 1. The molecule has 0 saturated carbocycles. The highest BCUT2D eigenvalue weighted by Gasteiger charge is 2.25. The SMILES string of the molecule is N[C@@H]1CCO[C@H]1c1ccncc1. The Balaban J connectivity index is 2.19. The highest BCUT2D eigenvalue weighted by atomic mass is 16.5. The minimum atomic E-state index is 0.0769. The maximum absolute atomic E-state index is 5.87. The molecule has 3 nitrogen and oxygen atoms in total. The van der Waals surface area contributed by atoms with E-state index >= 15 is 0 Å². The first-order valence-corrected chi connectivity index (χ1v) is 4.15. The molecule has 1 aromatic heterocycles. The largest absolute Gasteiger partial charge is 0.372 e. The van der Waals surface area contributed by atoms with Crippen molar-refractivity contribution in [3.8, 4) is 0 Å². The summed E-state index contributed by atoms with van der Waals surface area (Å²) in [7, 11) is 0. The Bertz CT molecular complexity index is 250. The van der Waals surface area contributed by atoms with Crippen LogP contribution in [0.2, 0.25) is 0 Å². The van der Waals surface area contributed by atoms with Crippen LogP contribution >= 0.6 is 0 Å². The number of aromatic nitrogens is 1. The number of pyridine rings is 1. The van der Waals surface area contributed by atoms with E-state index in [0.29, 0.717) is 0 Å². The number of nitrogens with zero attached hydrogens (tertiary/aromatic N) is 1. The average molecular weight is 164 g/mol. The van der Waals surface area contributed by atoms with Gasteiger partial charge in [0.1, 0.15) is 0 Å². The third-order valence-electron chi connectivity index (χ3n) is 2.17. The molecular weight excluding hydrogens is 152 g/mol. The number of hydrogen-bond acceptors (Lipinski definition) is 3. The van der Waals surface area contributed by atoms with Crippen molar-refractivity contribution < 1.29 is 4.74 Å². The molecule has 0 aromatic carbocycles. The molecule has 2 heterocycles. The molecule has 1 aliphatic rings. The first-order chi connectivity index (χ1) is 5.88. The molecule has 0 radical (unpaired) electrons. The van der Waals surface area contributed by atoms with Crippen LogP contribution in [0.1, 0.15) is 18.1 Å². The van der Waals surface area contributed by atoms with E-state index in [-0.39, 0.29) is 12.1 Å². The minimum Gasteiger partial charge on any atom is -0.372 e. The van der Waals surface area contributed by atoms with E-state index in [0.717, 1.165) is 18.6 Å². The van der Waals surface area contributed by atoms with Gasteiger partial charge < -0.3 is 10.5 Å². The fourth-order valence-electron chi connectivity index (χ4n) is 1.50. The van der Waals surface area contributed by atoms with Crippen molar-refractivity contribution in [1.82, 2.24) is 4.98 Å². The monoisotopic (exact) mass is 164 g/mol. The first-order valence-electron chi connectivity index (χ1n) is 4.15. The van der Waals surface area contributed by atoms with Crippen LogP contribution < -0.4 is 5.73 Å². The molecule has 0 spiro atoms. The lowest BCUT2D eigenvalue weighted by Gasteiger charge is -2.13. The van der Waals surface area contributed by atoms with Gasteiger partial charge in [-0.2, -0.15) is 0 Å². The first kappa shape index (κ1) is 7.71. The normalized spacial score (nSPS) is 29.1. The summed E-state index contributed by atoms with van der Waals surface area (Å²) in [6.07, 6.45) is 4.56. The third kappa shape index (κ3) is 1.33. The standard InChI is InChI=1S/C9H12N2O/c10-8-3-6-12-9(8)7-1-4-11-5-2-7/h1-2,4-5,8-9H,3,6,10H2/t8-,9+/m1/s1. The summed E-state index contributed by atoms with van der Waals surface area (Å²) in [5.74, 6) is 0. The van der Waals surface area contributed by atoms with E-state index in [2.05, 4.69) is 4.98 Å². The number of nitrogens with two attached hydrogens (primary N) is 1. The van der Waals surface area contributed by atoms with Crippen LogP contribution in [-0.2, 0) is 4.74 Å². The van der Waals surface area contributed by atoms with Gasteiger partial charge in [0.2, 0.25) is 0 Å². The quantitative estimate of drug-likeness (QED) is 0.670. The lowest BCUT2D eigenvalue weighted by molar-refractivity contribution is 0.105. The van der Waals surface area contributed by atoms with Gasteiger partial charge in [-0.15, -0.1) is 0 Å². The van der Waals surface area contributed by atoms with Gasteiger partial charge in [0.15, 0.2) is 0 Å². The molecule has 0 aliphatic carbocycles. The molecule has 1 saturated heterocycles. The van der Waals surface area contributed by atoms with Crippen LogP contribution in [0.3, 0.4) is 0 Å². The van der Waals surface area contributed by atoms with Crippen molar-refractivity contribution in [3.05, 3.63) is 30.1 Å². The minimum absolute atomic E-state index is 0.0769. The maximum atomic E-state index is 5.87. The van der Waals surface area contributed by atoms with Gasteiger partial charge in [-0.05, 0) is 24.1 Å². The summed E-state index contributed by atoms with van der Waals surface area (Å²) in [5.41, 5.74) is 7.00. The van der Waals surface area contributed by atoms with Crippen molar-refractivity contribution in [3.63, 3.8) is 0 Å². The summed E-state index contributed by atoms with van der Waals surface area (Å²) in [6, 6.07) is 4.05. The number of rotatable bonds is 1. The number of ether oxygens (including phenoxy) is 1. The van der Waals surface area contributed by atoms with Crippen molar-refractivity contribution >= 4 is 0 Å². The van der Waals surface area contributed by atoms with Gasteiger partial charge in [0.05, 0.1) is 6.10 Å². The van der Waals surface area contributed by atoms with Crippen LogP contribution in [0.5, 0.6) is 0 Å². The zero-order chi connectivity index (χ0) is 8.39. The molecule has 1 aromatic rings. The van der Waals surface area contributed by atoms with Gasteiger partial charge in [-0.25, -0.2) is 0 Å². The molecule has 12 heavy (non-hydrogen) atoms. The highest BCUT2D eigenvalue weighted by Crippen LogP contribution is 2.26. The van der Waals surface area contributed by atoms with E-state index in [1.165, 1.54) is 0 Å². The van der Waals surface area contributed by atoms with Crippen molar-refractivity contribution in [2.45, 2.75) is 18.6 Å². The molecular formula is C9H12N2O. The van der Waals surface area contributed by atoms with E-state index < -0.39 is 0 Å². The zero-order valence-corrected chi connectivity index (χ0v) is 6.81. The fraction of sp³-hybridized carbons (Fsp3) is 0.444. The average Bonchev–Trinajstić information content (AvgIpc) is 2.53. The Morgan fingerprint density at radius 3 is 2.75 bits per heavy atom. The van der Waals surface area contributed by atoms with Gasteiger partial charge in [0.25, 0.3) is 0 Å². The summed E-state index contributed by atoms with van der Waals surface area (Å²) in [6.45, 7) is 0.772. The van der Waals surface area contributed by atoms with Crippen molar-refractivity contribution in [2.24, 2.45) is 5.73 Å². The predicted octanol–water partition coefficient (Wildman–Crippen LogP) is 0.870. The molecule has 2 rings (SSSR count). The van der Waals surface area contributed by atoms with Crippen LogP contribution in [0, 0.1) is 0 Å². The van der Waals surface area contributed by atoms with Crippen LogP contribution in [0.4, 0.5) is 0 Å². The molecule has 64 valence electrons. The van der Waals surface area contributed by atoms with Gasteiger partial charge in [-0.1, -0.05) is 0 Å². The fourth-order valence-corrected chi connectivity index (χ4v) is 1.50. The second-order valence-electron chi connectivity index (χ2n) is 3.02. The second-order valence-corrected chi connectivity index (χ2v) is 3.02. The molecule has 1 aliphatic heterocycles. The topological polar surface area (TPSA) is 48.1 Å². The molecule has 0 unspecified atom stereocenters. The van der Waals surface area contributed by atoms with E-state index in [1.54, 1.807) is 12.4 Å². The van der Waals surface area contributed by atoms with Crippen LogP contribution in [0.25, 0.3) is 0 Å². The summed E-state index contributed by atoms with van der Waals surface area (Å²) >= 11 is 0. The van der Waals surface area contributed by atoms with E-state index in [9.17, 15) is 0 Å². The predicted molar refractivity (Wildman–Crippen MR) is 45.5 cm³/mol. The lowest BCUT2D eigenvalue weighted by Crippen LogP contribution is -2.23. The molecule has 0 bridgehead atoms. The molecule has 0 amide bonds. The van der Waals surface area contributed by atoms with E-state index in [1.807, 2.05) is 12.1 Å². The summed E-state index contributed by atoms with van der Waals surface area (Å²) < 4.78 is 5.50. The highest BCUT2D eigenvalue weighted by molar-refractivity contribution is 5.16. The molecule has 2 N–H and O–H groups in total. The summed E-state index contributed by atoms with van der Waals surface area (Å²) in [5, 5.41) is 0. The Labute approximate surface area is 71.6 Å². The Kier molecular flexibility index (Phi) is 2.06. The van der Waals surface area contributed by atoms with Gasteiger partial charge in [0, 0.05) is 25.0 Å². The summed E-state index contributed by atoms with van der Waals surface area (Å²) in [4.78, 5) is 3.95. The Hall–Kier alpha value is -0.930.